The van der Waals surface area contributed by atoms with Crippen LogP contribution in [-0.4, -0.2) is 43.2 Å². The molecule has 2 aromatic rings. The molecule has 0 aliphatic heterocycles. The van der Waals surface area contributed by atoms with E-state index in [0.29, 0.717) is 48.0 Å². The predicted octanol–water partition coefficient (Wildman–Crippen LogP) is 2.47. The molecule has 0 spiro atoms. The largest absolute Gasteiger partial charge is 0.493 e. The second-order valence-electron chi connectivity index (χ2n) is 5.49. The summed E-state index contributed by atoms with van der Waals surface area (Å²) in [6.07, 6.45) is 1.39. The van der Waals surface area contributed by atoms with Crippen molar-refractivity contribution < 1.29 is 18.8 Å². The summed E-state index contributed by atoms with van der Waals surface area (Å²) in [5.74, 6) is 2.23. The van der Waals surface area contributed by atoms with Gasteiger partial charge in [0.2, 0.25) is 5.89 Å². The molecule has 0 aliphatic carbocycles. The zero-order chi connectivity index (χ0) is 17.5. The van der Waals surface area contributed by atoms with Gasteiger partial charge >= 0.3 is 0 Å². The summed E-state index contributed by atoms with van der Waals surface area (Å²) in [7, 11) is 4.98. The molecule has 0 saturated carbocycles. The lowest BCUT2D eigenvalue weighted by Gasteiger charge is -2.08. The topological polar surface area (TPSA) is 86.5 Å². The van der Waals surface area contributed by atoms with Crippen LogP contribution in [-0.2, 0) is 12.8 Å². The highest BCUT2D eigenvalue weighted by molar-refractivity contribution is 5.96. The average molecular weight is 370 g/mol. The lowest BCUT2D eigenvalue weighted by Crippen LogP contribution is -2.24. The number of ether oxygens (including phenoxy) is 2. The summed E-state index contributed by atoms with van der Waals surface area (Å²) in [5, 5.41) is 7.05. The molecular weight excluding hydrogens is 346 g/mol. The van der Waals surface area contributed by atoms with Crippen LogP contribution in [0.2, 0.25) is 0 Å². The maximum Gasteiger partial charge on any atom is 0.227 e. The number of methoxy groups -OCH3 is 2. The number of aryl methyl sites for hydroxylation is 1. The van der Waals surface area contributed by atoms with E-state index in [1.165, 1.54) is 7.11 Å². The first kappa shape index (κ1) is 20.9. The Labute approximate surface area is 153 Å². The van der Waals surface area contributed by atoms with Gasteiger partial charge in [-0.05, 0) is 32.2 Å². The molecule has 1 aromatic heterocycles. The van der Waals surface area contributed by atoms with E-state index in [1.807, 2.05) is 14.0 Å². The summed E-state index contributed by atoms with van der Waals surface area (Å²) in [5.41, 5.74) is 0.566. The first-order valence-electron chi connectivity index (χ1n) is 7.81. The minimum Gasteiger partial charge on any atom is -0.493 e. The molecule has 0 bridgehead atoms. The number of hydrogen-bond donors (Lipinski definition) is 1. The van der Waals surface area contributed by atoms with E-state index < -0.39 is 0 Å². The summed E-state index contributed by atoms with van der Waals surface area (Å²) < 4.78 is 15.6. The van der Waals surface area contributed by atoms with Crippen LogP contribution in [0, 0.1) is 0 Å². The van der Waals surface area contributed by atoms with E-state index in [4.69, 9.17) is 14.0 Å². The molecule has 0 amide bonds. The van der Waals surface area contributed by atoms with Crippen molar-refractivity contribution in [3.05, 3.63) is 35.5 Å². The normalized spacial score (nSPS) is 11.5. The second kappa shape index (κ2) is 10.0. The van der Waals surface area contributed by atoms with Crippen molar-refractivity contribution in [1.82, 2.24) is 15.5 Å². The Morgan fingerprint density at radius 2 is 2.00 bits per heavy atom. The maximum absolute atomic E-state index is 12.3. The number of carbonyl (C=O) groups excluding carboxylic acids is 1. The summed E-state index contributed by atoms with van der Waals surface area (Å²) in [4.78, 5) is 16.6. The van der Waals surface area contributed by atoms with Crippen LogP contribution in [0.15, 0.2) is 22.7 Å². The fraction of sp³-hybridized carbons (Fsp3) is 0.471. The molecule has 1 unspecified atom stereocenters. The number of aromatic nitrogens is 2. The van der Waals surface area contributed by atoms with E-state index in [1.54, 1.807) is 25.3 Å². The quantitative estimate of drug-likeness (QED) is 0.679. The summed E-state index contributed by atoms with van der Waals surface area (Å²) >= 11 is 0. The number of nitrogens with one attached hydrogen (secondary N) is 1. The standard InChI is InChI=1S/C17H23N3O4.ClH/c1-11(18-2)9-16-19-17(24-20-16)8-6-13(21)12-5-7-14(22-3)15(10-12)23-4;/h5,7,10-11,18H,6,8-9H2,1-4H3;1H. The van der Waals surface area contributed by atoms with Crippen LogP contribution in [0.25, 0.3) is 0 Å². The third-order valence-electron chi connectivity index (χ3n) is 3.76. The van der Waals surface area contributed by atoms with E-state index in [2.05, 4.69) is 15.5 Å². The second-order valence-corrected chi connectivity index (χ2v) is 5.49. The van der Waals surface area contributed by atoms with Gasteiger partial charge in [-0.25, -0.2) is 0 Å². The Morgan fingerprint density at radius 1 is 1.28 bits per heavy atom. The van der Waals surface area contributed by atoms with Crippen LogP contribution >= 0.6 is 12.4 Å². The van der Waals surface area contributed by atoms with Crippen molar-refractivity contribution >= 4 is 18.2 Å². The number of benzene rings is 1. The number of carbonyl (C=O) groups is 1. The number of ketones is 1. The molecule has 138 valence electrons. The molecule has 0 saturated heterocycles. The Kier molecular flexibility index (Phi) is 8.37. The van der Waals surface area contributed by atoms with Gasteiger partial charge in [-0.3, -0.25) is 4.79 Å². The van der Waals surface area contributed by atoms with E-state index >= 15 is 0 Å². The lowest BCUT2D eigenvalue weighted by atomic mass is 10.1. The molecule has 0 fully saturated rings. The highest BCUT2D eigenvalue weighted by Gasteiger charge is 2.14. The van der Waals surface area contributed by atoms with E-state index in [-0.39, 0.29) is 24.2 Å². The third kappa shape index (κ3) is 5.72. The molecule has 7 nitrogen and oxygen atoms in total. The molecule has 1 N–H and O–H groups in total. The van der Waals surface area contributed by atoms with Gasteiger partial charge in [-0.1, -0.05) is 5.16 Å². The van der Waals surface area contributed by atoms with Crippen molar-refractivity contribution in [1.29, 1.82) is 0 Å². The molecule has 0 aliphatic rings. The Balaban J connectivity index is 0.00000312. The van der Waals surface area contributed by atoms with Crippen molar-refractivity contribution in [3.8, 4) is 11.5 Å². The average Bonchev–Trinajstić information content (AvgIpc) is 3.06. The van der Waals surface area contributed by atoms with Crippen LogP contribution in [0.3, 0.4) is 0 Å². The third-order valence-corrected chi connectivity index (χ3v) is 3.76. The van der Waals surface area contributed by atoms with Crippen molar-refractivity contribution in [2.45, 2.75) is 32.2 Å². The van der Waals surface area contributed by atoms with Gasteiger partial charge in [0.15, 0.2) is 23.1 Å². The first-order chi connectivity index (χ1) is 11.6. The monoisotopic (exact) mass is 369 g/mol. The van der Waals surface area contributed by atoms with Crippen LogP contribution < -0.4 is 14.8 Å². The fourth-order valence-electron chi connectivity index (χ4n) is 2.22. The Morgan fingerprint density at radius 3 is 2.64 bits per heavy atom. The maximum atomic E-state index is 12.3. The number of Topliss-reactive ketones (excluding diaryl/α,β-unsaturated/α-hetero) is 1. The molecule has 1 aromatic carbocycles. The molecule has 8 heteroatoms. The van der Waals surface area contributed by atoms with Crippen LogP contribution in [0.5, 0.6) is 11.5 Å². The first-order valence-corrected chi connectivity index (χ1v) is 7.81. The van der Waals surface area contributed by atoms with Gasteiger partial charge in [0.25, 0.3) is 0 Å². The van der Waals surface area contributed by atoms with Crippen molar-refractivity contribution in [2.75, 3.05) is 21.3 Å². The molecule has 0 radical (unpaired) electrons. The van der Waals surface area contributed by atoms with Crippen molar-refractivity contribution in [2.24, 2.45) is 0 Å². The van der Waals surface area contributed by atoms with Gasteiger partial charge in [0.05, 0.1) is 14.2 Å². The number of nitrogens with zero attached hydrogens (tertiary/aromatic N) is 2. The minimum absolute atomic E-state index is 0. The molecule has 25 heavy (non-hydrogen) atoms. The van der Waals surface area contributed by atoms with Gasteiger partial charge in [0.1, 0.15) is 0 Å². The summed E-state index contributed by atoms with van der Waals surface area (Å²) in [6, 6.07) is 5.38. The Bertz CT molecular complexity index is 690. The molecule has 1 atom stereocenters. The number of rotatable bonds is 9. The number of hydrogen-bond acceptors (Lipinski definition) is 7. The Hall–Kier alpha value is -2.12. The number of likely N-dealkylation sites (N-methyl/N-ethyl adjacent to an activating group) is 1. The highest BCUT2D eigenvalue weighted by Crippen LogP contribution is 2.28. The SMILES string of the molecule is CNC(C)Cc1noc(CCC(=O)c2ccc(OC)c(OC)c2)n1.Cl. The van der Waals surface area contributed by atoms with Crippen LogP contribution in [0.4, 0.5) is 0 Å². The van der Waals surface area contributed by atoms with Gasteiger partial charge < -0.3 is 19.3 Å². The fourth-order valence-corrected chi connectivity index (χ4v) is 2.22. The number of halogens is 1. The highest BCUT2D eigenvalue weighted by atomic mass is 35.5. The zero-order valence-corrected chi connectivity index (χ0v) is 15.7. The van der Waals surface area contributed by atoms with Gasteiger partial charge in [0, 0.05) is 30.9 Å². The van der Waals surface area contributed by atoms with E-state index in [9.17, 15) is 4.79 Å². The van der Waals surface area contributed by atoms with E-state index in [0.717, 1.165) is 0 Å². The minimum atomic E-state index is -0.0145. The summed E-state index contributed by atoms with van der Waals surface area (Å²) in [6.45, 7) is 2.04. The smallest absolute Gasteiger partial charge is 0.227 e. The molecular formula is C17H24ClN3O4. The van der Waals surface area contributed by atoms with Crippen LogP contribution in [0.1, 0.15) is 35.4 Å². The predicted molar refractivity (Wildman–Crippen MR) is 96.0 cm³/mol. The zero-order valence-electron chi connectivity index (χ0n) is 14.9. The molecule has 2 rings (SSSR count). The van der Waals surface area contributed by atoms with Gasteiger partial charge in [-0.2, -0.15) is 4.98 Å². The van der Waals surface area contributed by atoms with Gasteiger partial charge in [-0.15, -0.1) is 12.4 Å². The van der Waals surface area contributed by atoms with Crippen molar-refractivity contribution in [3.63, 3.8) is 0 Å². The molecule has 1 heterocycles. The lowest BCUT2D eigenvalue weighted by molar-refractivity contribution is 0.0979.